The molecule has 1 saturated heterocycles. The Kier molecular flexibility index (Phi) is 6.63. The van der Waals surface area contributed by atoms with Gasteiger partial charge in [0.15, 0.2) is 0 Å². The van der Waals surface area contributed by atoms with Crippen molar-refractivity contribution in [3.63, 3.8) is 0 Å². The van der Waals surface area contributed by atoms with Crippen LogP contribution in [0.3, 0.4) is 0 Å². The predicted octanol–water partition coefficient (Wildman–Crippen LogP) is 2.73. The molecule has 1 heterocycles. The van der Waals surface area contributed by atoms with Crippen LogP contribution in [0.1, 0.15) is 38.7 Å². The molecule has 0 N–H and O–H groups in total. The fourth-order valence-corrected chi connectivity index (χ4v) is 3.21. The Morgan fingerprint density at radius 2 is 1.83 bits per heavy atom. The number of piperidine rings is 1. The number of carbonyl (C=O) groups excluding carboxylic acids is 2. The normalized spacial score (nSPS) is 15.5. The topological polar surface area (TPSA) is 40.6 Å². The monoisotopic (exact) mass is 316 g/mol. The van der Waals surface area contributed by atoms with Crippen molar-refractivity contribution in [3.05, 3.63) is 35.9 Å². The van der Waals surface area contributed by atoms with Crippen LogP contribution in [0.4, 0.5) is 0 Å². The van der Waals surface area contributed by atoms with Gasteiger partial charge in [0.05, 0.1) is 6.54 Å². The number of hydrogen-bond donors (Lipinski definition) is 0. The molecule has 126 valence electrons. The van der Waals surface area contributed by atoms with Gasteiger partial charge in [-0.25, -0.2) is 0 Å². The Balaban J connectivity index is 1.79. The molecule has 4 nitrogen and oxygen atoms in total. The van der Waals surface area contributed by atoms with Crippen molar-refractivity contribution in [2.45, 2.75) is 39.5 Å². The average Bonchev–Trinajstić information content (AvgIpc) is 2.56. The third-order valence-corrected chi connectivity index (χ3v) is 4.60. The maximum Gasteiger partial charge on any atom is 0.242 e. The molecular weight excluding hydrogens is 288 g/mol. The van der Waals surface area contributed by atoms with Gasteiger partial charge in [0.25, 0.3) is 0 Å². The van der Waals surface area contributed by atoms with Crippen molar-refractivity contribution in [3.8, 4) is 0 Å². The molecule has 0 saturated carbocycles. The van der Waals surface area contributed by atoms with Crippen LogP contribution in [0.25, 0.3) is 0 Å². The lowest BCUT2D eigenvalue weighted by molar-refractivity contribution is -0.140. The SMILES string of the molecule is CCCN(CC(=O)N1CCC(Cc2ccccc2)CC1)C(C)=O. The number of likely N-dealkylation sites (tertiary alicyclic amines) is 1. The molecule has 0 radical (unpaired) electrons. The summed E-state index contributed by atoms with van der Waals surface area (Å²) in [5.41, 5.74) is 1.38. The van der Waals surface area contributed by atoms with E-state index in [9.17, 15) is 9.59 Å². The van der Waals surface area contributed by atoms with Crippen molar-refractivity contribution >= 4 is 11.8 Å². The molecule has 1 aromatic rings. The minimum absolute atomic E-state index is 0.0147. The van der Waals surface area contributed by atoms with Gasteiger partial charge in [0, 0.05) is 26.6 Å². The Hall–Kier alpha value is -1.84. The first kappa shape index (κ1) is 17.5. The molecule has 1 fully saturated rings. The van der Waals surface area contributed by atoms with E-state index in [0.717, 1.165) is 38.8 Å². The number of benzene rings is 1. The third-order valence-electron chi connectivity index (χ3n) is 4.60. The molecule has 0 aliphatic carbocycles. The summed E-state index contributed by atoms with van der Waals surface area (Å²) >= 11 is 0. The minimum Gasteiger partial charge on any atom is -0.341 e. The van der Waals surface area contributed by atoms with E-state index in [1.807, 2.05) is 17.9 Å². The van der Waals surface area contributed by atoms with E-state index < -0.39 is 0 Å². The van der Waals surface area contributed by atoms with Gasteiger partial charge in [-0.05, 0) is 37.2 Å². The molecule has 23 heavy (non-hydrogen) atoms. The average molecular weight is 316 g/mol. The first-order valence-electron chi connectivity index (χ1n) is 8.67. The molecule has 0 atom stereocenters. The smallest absolute Gasteiger partial charge is 0.242 e. The lowest BCUT2D eigenvalue weighted by atomic mass is 9.90. The highest BCUT2D eigenvalue weighted by molar-refractivity contribution is 5.83. The second-order valence-electron chi connectivity index (χ2n) is 6.45. The quantitative estimate of drug-likeness (QED) is 0.809. The number of hydrogen-bond acceptors (Lipinski definition) is 2. The van der Waals surface area contributed by atoms with Gasteiger partial charge in [-0.2, -0.15) is 0 Å². The lowest BCUT2D eigenvalue weighted by Gasteiger charge is -2.33. The molecule has 1 aromatic carbocycles. The van der Waals surface area contributed by atoms with Crippen LogP contribution in [-0.4, -0.2) is 47.8 Å². The van der Waals surface area contributed by atoms with Gasteiger partial charge in [-0.15, -0.1) is 0 Å². The van der Waals surface area contributed by atoms with Crippen LogP contribution in [-0.2, 0) is 16.0 Å². The lowest BCUT2D eigenvalue weighted by Crippen LogP contribution is -2.45. The van der Waals surface area contributed by atoms with E-state index in [1.54, 1.807) is 4.90 Å². The fraction of sp³-hybridized carbons (Fsp3) is 0.579. The Morgan fingerprint density at radius 1 is 1.17 bits per heavy atom. The highest BCUT2D eigenvalue weighted by atomic mass is 16.2. The summed E-state index contributed by atoms with van der Waals surface area (Å²) in [6, 6.07) is 10.6. The molecule has 1 aliphatic rings. The largest absolute Gasteiger partial charge is 0.341 e. The van der Waals surface area contributed by atoms with Gasteiger partial charge >= 0.3 is 0 Å². The molecule has 0 spiro atoms. The number of nitrogens with zero attached hydrogens (tertiary/aromatic N) is 2. The second kappa shape index (κ2) is 8.70. The maximum atomic E-state index is 12.4. The number of amides is 2. The summed E-state index contributed by atoms with van der Waals surface area (Å²) in [6.07, 6.45) is 4.08. The molecule has 2 rings (SSSR count). The molecule has 0 unspecified atom stereocenters. The summed E-state index contributed by atoms with van der Waals surface area (Å²) in [7, 11) is 0. The van der Waals surface area contributed by atoms with Crippen LogP contribution in [0.2, 0.25) is 0 Å². The molecule has 0 aromatic heterocycles. The summed E-state index contributed by atoms with van der Waals surface area (Å²) in [5, 5.41) is 0. The zero-order chi connectivity index (χ0) is 16.7. The minimum atomic E-state index is -0.0147. The van der Waals surface area contributed by atoms with Crippen molar-refractivity contribution < 1.29 is 9.59 Å². The summed E-state index contributed by atoms with van der Waals surface area (Å²) in [6.45, 7) is 6.07. The van der Waals surface area contributed by atoms with E-state index >= 15 is 0 Å². The third kappa shape index (κ3) is 5.38. The Bertz CT molecular complexity index is 507. The van der Waals surface area contributed by atoms with E-state index in [4.69, 9.17) is 0 Å². The van der Waals surface area contributed by atoms with Crippen LogP contribution in [0.5, 0.6) is 0 Å². The van der Waals surface area contributed by atoms with E-state index in [-0.39, 0.29) is 18.4 Å². The fourth-order valence-electron chi connectivity index (χ4n) is 3.21. The van der Waals surface area contributed by atoms with Crippen LogP contribution in [0.15, 0.2) is 30.3 Å². The molecule has 4 heteroatoms. The van der Waals surface area contributed by atoms with Gasteiger partial charge in [-0.1, -0.05) is 37.3 Å². The van der Waals surface area contributed by atoms with Crippen molar-refractivity contribution in [1.29, 1.82) is 0 Å². The number of rotatable bonds is 6. The van der Waals surface area contributed by atoms with Crippen LogP contribution < -0.4 is 0 Å². The highest BCUT2D eigenvalue weighted by Crippen LogP contribution is 2.21. The molecule has 1 aliphatic heterocycles. The van der Waals surface area contributed by atoms with E-state index in [1.165, 1.54) is 12.5 Å². The summed E-state index contributed by atoms with van der Waals surface area (Å²) in [4.78, 5) is 27.5. The van der Waals surface area contributed by atoms with Crippen LogP contribution >= 0.6 is 0 Å². The van der Waals surface area contributed by atoms with Crippen molar-refractivity contribution in [2.75, 3.05) is 26.2 Å². The molecular formula is C19H28N2O2. The van der Waals surface area contributed by atoms with Gasteiger partial charge in [0.2, 0.25) is 11.8 Å². The molecule has 0 bridgehead atoms. The Morgan fingerprint density at radius 3 is 2.39 bits per heavy atom. The predicted molar refractivity (Wildman–Crippen MR) is 92.0 cm³/mol. The highest BCUT2D eigenvalue weighted by Gasteiger charge is 2.24. The standard InChI is InChI=1S/C19H28N2O2/c1-3-11-21(16(2)22)15-19(23)20-12-9-18(10-13-20)14-17-7-5-4-6-8-17/h4-8,18H,3,9-15H2,1-2H3. The summed E-state index contributed by atoms with van der Waals surface area (Å²) in [5.74, 6) is 0.729. The zero-order valence-corrected chi connectivity index (χ0v) is 14.3. The first-order chi connectivity index (χ1) is 11.1. The zero-order valence-electron chi connectivity index (χ0n) is 14.3. The van der Waals surface area contributed by atoms with Gasteiger partial charge in [0.1, 0.15) is 0 Å². The van der Waals surface area contributed by atoms with Crippen molar-refractivity contribution in [1.82, 2.24) is 9.80 Å². The molecule has 2 amide bonds. The Labute approximate surface area is 139 Å². The first-order valence-corrected chi connectivity index (χ1v) is 8.67. The number of carbonyl (C=O) groups is 2. The van der Waals surface area contributed by atoms with Crippen molar-refractivity contribution in [2.24, 2.45) is 5.92 Å². The van der Waals surface area contributed by atoms with Crippen LogP contribution in [0, 0.1) is 5.92 Å². The second-order valence-corrected chi connectivity index (χ2v) is 6.45. The summed E-state index contributed by atoms with van der Waals surface area (Å²) < 4.78 is 0. The maximum absolute atomic E-state index is 12.4. The van der Waals surface area contributed by atoms with E-state index in [2.05, 4.69) is 24.3 Å². The van der Waals surface area contributed by atoms with Gasteiger partial charge < -0.3 is 9.80 Å². The van der Waals surface area contributed by atoms with Gasteiger partial charge in [-0.3, -0.25) is 9.59 Å². The van der Waals surface area contributed by atoms with E-state index in [0.29, 0.717) is 12.5 Å².